The van der Waals surface area contributed by atoms with Crippen LogP contribution in [-0.2, 0) is 5.60 Å². The van der Waals surface area contributed by atoms with Crippen LogP contribution in [0.2, 0.25) is 0 Å². The van der Waals surface area contributed by atoms with Crippen molar-refractivity contribution in [3.63, 3.8) is 0 Å². The molecule has 2 aromatic rings. The van der Waals surface area contributed by atoms with E-state index in [-0.39, 0.29) is 5.60 Å². The Kier molecular flexibility index (Phi) is 2.37. The highest BCUT2D eigenvalue weighted by Crippen LogP contribution is 2.51. The zero-order chi connectivity index (χ0) is 13.6. The van der Waals surface area contributed by atoms with E-state index < -0.39 is 0 Å². The number of ether oxygens (including phenoxy) is 1. The topological polar surface area (TPSA) is 9.23 Å². The third-order valence-electron chi connectivity index (χ3n) is 4.37. The van der Waals surface area contributed by atoms with Crippen molar-refractivity contribution in [3.05, 3.63) is 90.0 Å². The zero-order valence-electron chi connectivity index (χ0n) is 11.3. The van der Waals surface area contributed by atoms with Gasteiger partial charge in [-0.1, -0.05) is 61.2 Å². The van der Waals surface area contributed by atoms with Gasteiger partial charge in [0.05, 0.1) is 0 Å². The van der Waals surface area contributed by atoms with E-state index >= 15 is 0 Å². The Hall–Kier alpha value is -2.28. The van der Waals surface area contributed by atoms with E-state index in [0.29, 0.717) is 5.92 Å². The second-order valence-corrected chi connectivity index (χ2v) is 5.56. The molecule has 98 valence electrons. The van der Waals surface area contributed by atoms with E-state index in [1.54, 1.807) is 0 Å². The van der Waals surface area contributed by atoms with Crippen molar-refractivity contribution in [3.8, 4) is 5.75 Å². The third-order valence-corrected chi connectivity index (χ3v) is 4.37. The molecule has 4 rings (SSSR count). The Morgan fingerprint density at radius 1 is 1.00 bits per heavy atom. The van der Waals surface area contributed by atoms with Crippen LogP contribution >= 0.6 is 0 Å². The van der Waals surface area contributed by atoms with Crippen LogP contribution in [0.5, 0.6) is 5.75 Å². The smallest absolute Gasteiger partial charge is 0.153 e. The van der Waals surface area contributed by atoms with Gasteiger partial charge in [0.15, 0.2) is 5.60 Å². The van der Waals surface area contributed by atoms with E-state index in [1.807, 2.05) is 12.1 Å². The molecule has 2 atom stereocenters. The Morgan fingerprint density at radius 3 is 2.60 bits per heavy atom. The molecule has 2 unspecified atom stereocenters. The first-order valence-electron chi connectivity index (χ1n) is 7.00. The fraction of sp³-hybridized carbons (Fsp3) is 0.158. The molecule has 0 saturated carbocycles. The Morgan fingerprint density at radius 2 is 1.75 bits per heavy atom. The molecule has 1 heteroatoms. The highest BCUT2D eigenvalue weighted by molar-refractivity contribution is 5.51. The predicted molar refractivity (Wildman–Crippen MR) is 80.8 cm³/mol. The van der Waals surface area contributed by atoms with E-state index in [0.717, 1.165) is 12.2 Å². The van der Waals surface area contributed by atoms with Crippen molar-refractivity contribution >= 4 is 0 Å². The maximum Gasteiger partial charge on any atom is 0.153 e. The molecule has 2 aliphatic rings. The highest BCUT2D eigenvalue weighted by atomic mass is 16.5. The maximum atomic E-state index is 6.40. The van der Waals surface area contributed by atoms with Crippen LogP contribution in [0.15, 0.2) is 78.9 Å². The summed E-state index contributed by atoms with van der Waals surface area (Å²) in [7, 11) is 0. The third kappa shape index (κ3) is 1.56. The molecule has 0 radical (unpaired) electrons. The number of para-hydroxylation sites is 1. The summed E-state index contributed by atoms with van der Waals surface area (Å²) in [6.07, 6.45) is 5.22. The fourth-order valence-electron chi connectivity index (χ4n) is 3.30. The van der Waals surface area contributed by atoms with Crippen LogP contribution < -0.4 is 4.74 Å². The first-order valence-corrected chi connectivity index (χ1v) is 7.00. The van der Waals surface area contributed by atoms with Gasteiger partial charge in [-0.3, -0.25) is 0 Å². The normalized spacial score (nSPS) is 26.8. The van der Waals surface area contributed by atoms with E-state index in [9.17, 15) is 0 Å². The molecule has 2 bridgehead atoms. The van der Waals surface area contributed by atoms with Crippen LogP contribution in [0.3, 0.4) is 0 Å². The number of fused-ring (bicyclic) bond motifs is 4. The first-order chi connectivity index (χ1) is 9.78. The molecule has 1 nitrogen and oxygen atoms in total. The SMILES string of the molecule is C=C1C=CC2(c3ccccc3)CC1c1ccccc1O2. The summed E-state index contributed by atoms with van der Waals surface area (Å²) in [5.41, 5.74) is 3.30. The zero-order valence-corrected chi connectivity index (χ0v) is 11.3. The van der Waals surface area contributed by atoms with Crippen molar-refractivity contribution in [2.24, 2.45) is 0 Å². The molecule has 0 spiro atoms. The molecule has 0 amide bonds. The molecule has 0 saturated heterocycles. The molecule has 1 aliphatic heterocycles. The van der Waals surface area contributed by atoms with Gasteiger partial charge < -0.3 is 4.74 Å². The lowest BCUT2D eigenvalue weighted by molar-refractivity contribution is 0.0814. The van der Waals surface area contributed by atoms with Crippen LogP contribution in [0.25, 0.3) is 0 Å². The van der Waals surface area contributed by atoms with Crippen LogP contribution in [0.4, 0.5) is 0 Å². The average molecular weight is 260 g/mol. The second kappa shape index (κ2) is 4.11. The minimum atomic E-state index is -0.346. The van der Waals surface area contributed by atoms with Gasteiger partial charge >= 0.3 is 0 Å². The Bertz CT molecular complexity index is 699. The van der Waals surface area contributed by atoms with Crippen molar-refractivity contribution in [2.45, 2.75) is 17.9 Å². The monoisotopic (exact) mass is 260 g/mol. The molecule has 1 heterocycles. The summed E-state index contributed by atoms with van der Waals surface area (Å²) >= 11 is 0. The fourth-order valence-corrected chi connectivity index (χ4v) is 3.30. The van der Waals surface area contributed by atoms with E-state index in [1.165, 1.54) is 16.7 Å². The maximum absolute atomic E-state index is 6.40. The molecule has 0 aromatic heterocycles. The minimum Gasteiger partial charge on any atom is -0.478 e. The van der Waals surface area contributed by atoms with Crippen molar-refractivity contribution in [2.75, 3.05) is 0 Å². The number of rotatable bonds is 1. The van der Waals surface area contributed by atoms with E-state index in [2.05, 4.69) is 61.2 Å². The van der Waals surface area contributed by atoms with Crippen molar-refractivity contribution in [1.82, 2.24) is 0 Å². The van der Waals surface area contributed by atoms with Gasteiger partial charge in [0.25, 0.3) is 0 Å². The standard InChI is InChI=1S/C19H16O/c1-14-11-12-19(15-7-3-2-4-8-15)13-17(14)16-9-5-6-10-18(16)20-19/h2-12,17H,1,13H2. The lowest BCUT2D eigenvalue weighted by Crippen LogP contribution is -2.39. The Balaban J connectivity index is 1.91. The minimum absolute atomic E-state index is 0.346. The lowest BCUT2D eigenvalue weighted by Gasteiger charge is -2.44. The second-order valence-electron chi connectivity index (χ2n) is 5.56. The summed E-state index contributed by atoms with van der Waals surface area (Å²) in [5.74, 6) is 1.34. The summed E-state index contributed by atoms with van der Waals surface area (Å²) in [6, 6.07) is 18.8. The average Bonchev–Trinajstić information content (AvgIpc) is 2.52. The van der Waals surface area contributed by atoms with Crippen molar-refractivity contribution < 1.29 is 4.74 Å². The largest absolute Gasteiger partial charge is 0.478 e. The van der Waals surface area contributed by atoms with Gasteiger partial charge in [-0.2, -0.15) is 0 Å². The summed E-state index contributed by atoms with van der Waals surface area (Å²) in [4.78, 5) is 0. The van der Waals surface area contributed by atoms with Gasteiger partial charge in [-0.05, 0) is 23.3 Å². The number of hydrogen-bond acceptors (Lipinski definition) is 1. The number of hydrogen-bond donors (Lipinski definition) is 0. The predicted octanol–water partition coefficient (Wildman–Crippen LogP) is 4.57. The molecule has 1 aliphatic carbocycles. The van der Waals surface area contributed by atoms with Gasteiger partial charge in [-0.15, -0.1) is 0 Å². The molecule has 0 N–H and O–H groups in total. The Labute approximate surface area is 119 Å². The number of allylic oxidation sites excluding steroid dienone is 2. The summed E-state index contributed by atoms with van der Waals surface area (Å²) in [5, 5.41) is 0. The van der Waals surface area contributed by atoms with Gasteiger partial charge in [0.1, 0.15) is 5.75 Å². The summed E-state index contributed by atoms with van der Waals surface area (Å²) in [6.45, 7) is 4.22. The summed E-state index contributed by atoms with van der Waals surface area (Å²) < 4.78 is 6.40. The van der Waals surface area contributed by atoms with Crippen LogP contribution in [0.1, 0.15) is 23.5 Å². The van der Waals surface area contributed by atoms with Crippen LogP contribution in [0, 0.1) is 0 Å². The molecule has 2 aromatic carbocycles. The molecule has 20 heavy (non-hydrogen) atoms. The first kappa shape index (κ1) is 11.5. The van der Waals surface area contributed by atoms with Crippen LogP contribution in [-0.4, -0.2) is 0 Å². The highest BCUT2D eigenvalue weighted by Gasteiger charge is 2.43. The number of benzene rings is 2. The quantitative estimate of drug-likeness (QED) is 0.729. The van der Waals surface area contributed by atoms with Crippen molar-refractivity contribution in [1.29, 1.82) is 0 Å². The van der Waals surface area contributed by atoms with Gasteiger partial charge in [0.2, 0.25) is 0 Å². The van der Waals surface area contributed by atoms with Gasteiger partial charge in [0, 0.05) is 17.9 Å². The lowest BCUT2D eigenvalue weighted by atomic mass is 9.72. The molecule has 0 fully saturated rings. The molecular weight excluding hydrogens is 244 g/mol. The molecular formula is C19H16O. The van der Waals surface area contributed by atoms with Gasteiger partial charge in [-0.25, -0.2) is 0 Å². The van der Waals surface area contributed by atoms with E-state index in [4.69, 9.17) is 4.74 Å².